The van der Waals surface area contributed by atoms with E-state index in [1.807, 2.05) is 24.5 Å². The Morgan fingerprint density at radius 3 is 2.07 bits per heavy atom. The summed E-state index contributed by atoms with van der Waals surface area (Å²) in [5, 5.41) is 3.13. The van der Waals surface area contributed by atoms with Crippen molar-refractivity contribution in [1.82, 2.24) is 9.97 Å². The van der Waals surface area contributed by atoms with E-state index in [1.165, 1.54) is 28.8 Å². The van der Waals surface area contributed by atoms with E-state index in [4.69, 9.17) is 30.7 Å². The highest BCUT2D eigenvalue weighted by atomic mass is 35.5. The average molecular weight is 635 g/mol. The van der Waals surface area contributed by atoms with E-state index in [1.54, 1.807) is 7.11 Å². The molecule has 2 aliphatic carbocycles. The van der Waals surface area contributed by atoms with Crippen LogP contribution < -0.4 is 19.5 Å². The third-order valence-corrected chi connectivity index (χ3v) is 14.9. The minimum Gasteiger partial charge on any atom is -0.531 e. The molecule has 6 heteroatoms. The van der Waals surface area contributed by atoms with Gasteiger partial charge in [0.15, 0.2) is 5.75 Å². The van der Waals surface area contributed by atoms with Gasteiger partial charge in [0.05, 0.1) is 7.11 Å². The lowest BCUT2D eigenvalue weighted by molar-refractivity contribution is 0.387. The van der Waals surface area contributed by atoms with Gasteiger partial charge in [-0.1, -0.05) is 117 Å². The van der Waals surface area contributed by atoms with Crippen LogP contribution in [-0.2, 0) is 0 Å². The van der Waals surface area contributed by atoms with Crippen molar-refractivity contribution in [2.24, 2.45) is 5.92 Å². The summed E-state index contributed by atoms with van der Waals surface area (Å²) in [4.78, 5) is 9.48. The van der Waals surface area contributed by atoms with E-state index in [-0.39, 0.29) is 22.8 Å². The first-order valence-electron chi connectivity index (χ1n) is 16.1. The van der Waals surface area contributed by atoms with E-state index in [0.717, 1.165) is 47.2 Å². The summed E-state index contributed by atoms with van der Waals surface area (Å²) in [7, 11) is -1.17. The molecular weight excluding hydrogens is 592 g/mol. The molecule has 0 fully saturated rings. The minimum atomic E-state index is -2.88. The molecule has 3 unspecified atom stereocenters. The lowest BCUT2D eigenvalue weighted by Crippen LogP contribution is -2.68. The molecule has 0 radical (unpaired) electrons. The van der Waals surface area contributed by atoms with Gasteiger partial charge in [-0.2, -0.15) is 0 Å². The zero-order chi connectivity index (χ0) is 31.4. The fraction of sp³-hybridized carbons (Fsp3) is 0.333. The number of halogens is 1. The molecule has 4 aromatic rings. The molecule has 2 aliphatic rings. The van der Waals surface area contributed by atoms with Crippen molar-refractivity contribution < 1.29 is 9.16 Å². The van der Waals surface area contributed by atoms with Gasteiger partial charge in [0.1, 0.15) is 11.6 Å². The van der Waals surface area contributed by atoms with Crippen molar-refractivity contribution in [1.29, 1.82) is 0 Å². The first-order chi connectivity index (χ1) is 21.8. The molecule has 0 N–H and O–H groups in total. The normalized spacial score (nSPS) is 20.6. The number of aromatic nitrogens is 2. The summed E-state index contributed by atoms with van der Waals surface area (Å²) in [5.74, 6) is 2.70. The van der Waals surface area contributed by atoms with E-state index in [2.05, 4.69) is 106 Å². The number of ether oxygens (including phenoxy) is 1. The Balaban J connectivity index is 1.45. The molecule has 0 aliphatic heterocycles. The van der Waals surface area contributed by atoms with Crippen LogP contribution >= 0.6 is 11.6 Å². The van der Waals surface area contributed by atoms with Gasteiger partial charge in [-0.25, -0.2) is 9.97 Å². The average Bonchev–Trinajstić information content (AvgIpc) is 3.08. The number of hydrogen-bond acceptors (Lipinski definition) is 4. The van der Waals surface area contributed by atoms with E-state index in [0.29, 0.717) is 0 Å². The summed E-state index contributed by atoms with van der Waals surface area (Å²) in [6, 6.07) is 29.7. The summed E-state index contributed by atoms with van der Waals surface area (Å²) < 4.78 is 13.4. The zero-order valence-corrected chi connectivity index (χ0v) is 28.5. The topological polar surface area (TPSA) is 44.2 Å². The number of nitrogens with zero attached hydrogens (tertiary/aromatic N) is 2. The van der Waals surface area contributed by atoms with Crippen LogP contribution in [0.15, 0.2) is 120 Å². The van der Waals surface area contributed by atoms with E-state index >= 15 is 0 Å². The molecule has 45 heavy (non-hydrogen) atoms. The minimum absolute atomic E-state index is 0.00618. The first-order valence-corrected chi connectivity index (χ1v) is 18.4. The van der Waals surface area contributed by atoms with Crippen molar-refractivity contribution in [2.45, 2.75) is 69.7 Å². The quantitative estimate of drug-likeness (QED) is 0.143. The molecule has 3 atom stereocenters. The van der Waals surface area contributed by atoms with Crippen molar-refractivity contribution >= 4 is 30.3 Å². The van der Waals surface area contributed by atoms with Gasteiger partial charge in [-0.05, 0) is 71.3 Å². The second-order valence-electron chi connectivity index (χ2n) is 13.3. The molecular formula is C39H43ClN2O2Si. The van der Waals surface area contributed by atoms with Crippen molar-refractivity contribution in [3.63, 3.8) is 0 Å². The van der Waals surface area contributed by atoms with Gasteiger partial charge >= 0.3 is 8.32 Å². The predicted octanol–water partition coefficient (Wildman–Crippen LogP) is 8.93. The highest BCUT2D eigenvalue weighted by molar-refractivity contribution is 7.00. The van der Waals surface area contributed by atoms with Gasteiger partial charge < -0.3 is 9.16 Å². The summed E-state index contributed by atoms with van der Waals surface area (Å²) in [5.41, 5.74) is 2.59. The SMILES string of the molecule is COc1ccc(C2CC(c3ncccn3)C(C3=CCCCC3)C=C2Cl)cc1O[Si](c1ccccc1)(c1ccccc1)C(C)(C)C. The lowest BCUT2D eigenvalue weighted by Gasteiger charge is -2.43. The Labute approximate surface area is 274 Å². The number of rotatable bonds is 8. The molecule has 3 aromatic carbocycles. The molecule has 4 nitrogen and oxygen atoms in total. The maximum absolute atomic E-state index is 7.47. The monoisotopic (exact) mass is 634 g/mol. The molecule has 1 heterocycles. The highest BCUT2D eigenvalue weighted by Crippen LogP contribution is 2.50. The van der Waals surface area contributed by atoms with Crippen LogP contribution in [0.5, 0.6) is 11.5 Å². The third kappa shape index (κ3) is 6.25. The van der Waals surface area contributed by atoms with Crippen molar-refractivity contribution in [2.75, 3.05) is 7.11 Å². The highest BCUT2D eigenvalue weighted by Gasteiger charge is 2.52. The van der Waals surface area contributed by atoms with Crippen LogP contribution in [-0.4, -0.2) is 25.4 Å². The first kappa shape index (κ1) is 31.3. The fourth-order valence-electron chi connectivity index (χ4n) is 7.32. The molecule has 0 saturated heterocycles. The third-order valence-electron chi connectivity index (χ3n) is 9.54. The number of methoxy groups -OCH3 is 1. The van der Waals surface area contributed by atoms with Crippen molar-refractivity contribution in [3.05, 3.63) is 131 Å². The number of allylic oxidation sites excluding steroid dienone is 4. The summed E-state index contributed by atoms with van der Waals surface area (Å²) in [6.07, 6.45) is 14.0. The van der Waals surface area contributed by atoms with Crippen LogP contribution in [0.2, 0.25) is 5.04 Å². The smallest absolute Gasteiger partial charge is 0.320 e. The molecule has 0 amide bonds. The lowest BCUT2D eigenvalue weighted by atomic mass is 9.71. The molecule has 6 rings (SSSR count). The number of benzene rings is 3. The maximum atomic E-state index is 7.47. The molecule has 0 bridgehead atoms. The van der Waals surface area contributed by atoms with Crippen molar-refractivity contribution in [3.8, 4) is 11.5 Å². The second-order valence-corrected chi connectivity index (χ2v) is 17.9. The Hall–Kier alpha value is -3.67. The van der Waals surface area contributed by atoms with Crippen LogP contribution in [0, 0.1) is 5.92 Å². The molecule has 1 aromatic heterocycles. The van der Waals surface area contributed by atoms with Gasteiger partial charge in [0.25, 0.3) is 0 Å². The van der Waals surface area contributed by atoms with Crippen LogP contribution in [0.3, 0.4) is 0 Å². The Bertz CT molecular complexity index is 1610. The Morgan fingerprint density at radius 1 is 0.822 bits per heavy atom. The van der Waals surface area contributed by atoms with E-state index < -0.39 is 8.32 Å². The zero-order valence-electron chi connectivity index (χ0n) is 26.7. The molecule has 0 saturated carbocycles. The standard InChI is InChI=1S/C39H43ClN2O2Si/c1-39(2,3)45(30-17-10-6-11-18-30,31-19-12-7-13-20-31)44-37-25-29(21-22-36(37)43-4)33-26-34(38-41-23-14-24-42-38)32(27-35(33)40)28-15-8-5-9-16-28/h6-7,10-15,17-25,27,32-34H,5,8-9,16,26H2,1-4H3. The van der Waals surface area contributed by atoms with Crippen LogP contribution in [0.25, 0.3) is 0 Å². The maximum Gasteiger partial charge on any atom is 0.320 e. The van der Waals surface area contributed by atoms with Gasteiger partial charge in [0, 0.05) is 35.2 Å². The van der Waals surface area contributed by atoms with Gasteiger partial charge in [-0.3, -0.25) is 0 Å². The second kappa shape index (κ2) is 13.4. The molecule has 0 spiro atoms. The fourth-order valence-corrected chi connectivity index (χ4v) is 12.1. The molecule has 232 valence electrons. The Kier molecular flexibility index (Phi) is 9.30. The predicted molar refractivity (Wildman–Crippen MR) is 187 cm³/mol. The van der Waals surface area contributed by atoms with Crippen LogP contribution in [0.4, 0.5) is 0 Å². The Morgan fingerprint density at radius 2 is 1.49 bits per heavy atom. The van der Waals surface area contributed by atoms with Gasteiger partial charge in [0.2, 0.25) is 0 Å². The van der Waals surface area contributed by atoms with Crippen LogP contribution in [0.1, 0.15) is 76.1 Å². The summed E-state index contributed by atoms with van der Waals surface area (Å²) >= 11 is 7.24. The van der Waals surface area contributed by atoms with E-state index in [9.17, 15) is 0 Å². The number of hydrogen-bond donors (Lipinski definition) is 0. The largest absolute Gasteiger partial charge is 0.531 e. The summed E-state index contributed by atoms with van der Waals surface area (Å²) in [6.45, 7) is 6.88. The van der Waals surface area contributed by atoms with Gasteiger partial charge in [-0.15, -0.1) is 0 Å².